The molecule has 5 nitrogen and oxygen atoms in total. The molecule has 1 saturated heterocycles. The van der Waals surface area contributed by atoms with E-state index in [1.54, 1.807) is 7.11 Å². The summed E-state index contributed by atoms with van der Waals surface area (Å²) in [5.41, 5.74) is 0. The van der Waals surface area contributed by atoms with Crippen LogP contribution in [0.15, 0.2) is 0 Å². The van der Waals surface area contributed by atoms with Crippen LogP contribution in [-0.4, -0.2) is 34.9 Å². The normalized spacial score (nSPS) is 26.1. The van der Waals surface area contributed by atoms with Crippen LogP contribution in [0.2, 0.25) is 0 Å². The van der Waals surface area contributed by atoms with Crippen LogP contribution in [0.3, 0.4) is 0 Å². The molecule has 1 fully saturated rings. The summed E-state index contributed by atoms with van der Waals surface area (Å²) in [6.07, 6.45) is 1.25. The SMILES string of the molecule is CO[C@H]1CN[C@H](c2n[nH]c(C)n2)C1.Cl. The van der Waals surface area contributed by atoms with E-state index in [0.29, 0.717) is 6.10 Å². The van der Waals surface area contributed by atoms with Gasteiger partial charge in [0.25, 0.3) is 0 Å². The summed E-state index contributed by atoms with van der Waals surface area (Å²) in [5.74, 6) is 1.70. The minimum atomic E-state index is 0. The standard InChI is InChI=1S/C8H14N4O.ClH/c1-5-10-8(12-11-5)7-3-6(13-2)4-9-7;/h6-7,9H,3-4H2,1-2H3,(H,10,11,12);1H/t6-,7+;/m1./s1. The summed E-state index contributed by atoms with van der Waals surface area (Å²) in [4.78, 5) is 4.28. The molecule has 80 valence electrons. The average molecular weight is 219 g/mol. The molecule has 0 amide bonds. The summed E-state index contributed by atoms with van der Waals surface area (Å²) >= 11 is 0. The van der Waals surface area contributed by atoms with Crippen molar-refractivity contribution in [3.05, 3.63) is 11.6 Å². The number of methoxy groups -OCH3 is 1. The molecule has 0 spiro atoms. The van der Waals surface area contributed by atoms with Crippen LogP contribution < -0.4 is 5.32 Å². The molecule has 1 aromatic rings. The lowest BCUT2D eigenvalue weighted by Crippen LogP contribution is -2.16. The first-order valence-corrected chi connectivity index (χ1v) is 4.44. The number of hydrogen-bond acceptors (Lipinski definition) is 4. The molecule has 2 rings (SSSR count). The predicted octanol–water partition coefficient (Wildman–Crippen LogP) is 0.584. The maximum atomic E-state index is 5.24. The first-order valence-electron chi connectivity index (χ1n) is 4.44. The topological polar surface area (TPSA) is 62.8 Å². The molecule has 1 aromatic heterocycles. The number of H-pyrrole nitrogens is 1. The lowest BCUT2D eigenvalue weighted by molar-refractivity contribution is 0.117. The van der Waals surface area contributed by atoms with E-state index in [9.17, 15) is 0 Å². The molecule has 0 saturated carbocycles. The number of aryl methyl sites for hydroxylation is 1. The predicted molar refractivity (Wildman–Crippen MR) is 54.5 cm³/mol. The maximum Gasteiger partial charge on any atom is 0.167 e. The Hall–Kier alpha value is -0.650. The fraction of sp³-hybridized carbons (Fsp3) is 0.750. The molecule has 0 radical (unpaired) electrons. The molecule has 0 aliphatic carbocycles. The van der Waals surface area contributed by atoms with Crippen molar-refractivity contribution in [1.29, 1.82) is 0 Å². The van der Waals surface area contributed by atoms with E-state index in [1.165, 1.54) is 0 Å². The van der Waals surface area contributed by atoms with Gasteiger partial charge in [-0.1, -0.05) is 0 Å². The van der Waals surface area contributed by atoms with Crippen LogP contribution in [-0.2, 0) is 4.74 Å². The second kappa shape index (κ2) is 4.72. The molecule has 14 heavy (non-hydrogen) atoms. The zero-order chi connectivity index (χ0) is 9.26. The van der Waals surface area contributed by atoms with E-state index in [1.807, 2.05) is 6.92 Å². The average Bonchev–Trinajstić information content (AvgIpc) is 2.71. The van der Waals surface area contributed by atoms with E-state index < -0.39 is 0 Å². The first-order chi connectivity index (χ1) is 6.29. The van der Waals surface area contributed by atoms with Crippen LogP contribution >= 0.6 is 12.4 Å². The number of aromatic amines is 1. The van der Waals surface area contributed by atoms with E-state index in [0.717, 1.165) is 24.6 Å². The molecule has 6 heteroatoms. The highest BCUT2D eigenvalue weighted by Crippen LogP contribution is 2.21. The third kappa shape index (κ3) is 2.23. The van der Waals surface area contributed by atoms with E-state index in [-0.39, 0.29) is 18.4 Å². The quantitative estimate of drug-likeness (QED) is 0.763. The number of halogens is 1. The van der Waals surface area contributed by atoms with Crippen LogP contribution in [0.5, 0.6) is 0 Å². The Morgan fingerprint density at radius 1 is 1.50 bits per heavy atom. The second-order valence-electron chi connectivity index (χ2n) is 3.33. The molecule has 0 unspecified atom stereocenters. The summed E-state index contributed by atoms with van der Waals surface area (Å²) in [7, 11) is 1.73. The number of aromatic nitrogens is 3. The van der Waals surface area contributed by atoms with Gasteiger partial charge in [0, 0.05) is 13.7 Å². The number of nitrogens with zero attached hydrogens (tertiary/aromatic N) is 2. The molecule has 1 aliphatic rings. The summed E-state index contributed by atoms with van der Waals surface area (Å²) in [6, 6.07) is 0.245. The Labute approximate surface area is 89.0 Å². The van der Waals surface area contributed by atoms with Crippen LogP contribution in [0.4, 0.5) is 0 Å². The third-order valence-corrected chi connectivity index (χ3v) is 2.35. The zero-order valence-corrected chi connectivity index (χ0v) is 9.10. The number of nitrogens with one attached hydrogen (secondary N) is 2. The molecule has 2 heterocycles. The smallest absolute Gasteiger partial charge is 0.167 e. The number of rotatable bonds is 2. The maximum absolute atomic E-state index is 5.24. The van der Waals surface area contributed by atoms with Gasteiger partial charge < -0.3 is 10.1 Å². The van der Waals surface area contributed by atoms with Gasteiger partial charge in [-0.25, -0.2) is 4.98 Å². The van der Waals surface area contributed by atoms with Gasteiger partial charge in [0.2, 0.25) is 0 Å². The van der Waals surface area contributed by atoms with Crippen LogP contribution in [0.25, 0.3) is 0 Å². The molecule has 0 bridgehead atoms. The highest BCUT2D eigenvalue weighted by atomic mass is 35.5. The van der Waals surface area contributed by atoms with Crippen molar-refractivity contribution in [3.8, 4) is 0 Å². The van der Waals surface area contributed by atoms with Crippen molar-refractivity contribution >= 4 is 12.4 Å². The fourth-order valence-electron chi connectivity index (χ4n) is 1.60. The third-order valence-electron chi connectivity index (χ3n) is 2.35. The zero-order valence-electron chi connectivity index (χ0n) is 8.28. The monoisotopic (exact) mass is 218 g/mol. The minimum Gasteiger partial charge on any atom is -0.380 e. The van der Waals surface area contributed by atoms with E-state index in [4.69, 9.17) is 4.74 Å². The fourth-order valence-corrected chi connectivity index (χ4v) is 1.60. The van der Waals surface area contributed by atoms with Gasteiger partial charge in [0.15, 0.2) is 5.82 Å². The highest BCUT2D eigenvalue weighted by molar-refractivity contribution is 5.85. The Kier molecular flexibility index (Phi) is 3.86. The first kappa shape index (κ1) is 11.4. The molecular weight excluding hydrogens is 204 g/mol. The van der Waals surface area contributed by atoms with Gasteiger partial charge in [-0.05, 0) is 13.3 Å². The van der Waals surface area contributed by atoms with Crippen LogP contribution in [0, 0.1) is 6.92 Å². The minimum absolute atomic E-state index is 0. The van der Waals surface area contributed by atoms with Gasteiger partial charge >= 0.3 is 0 Å². The van der Waals surface area contributed by atoms with Gasteiger partial charge in [-0.2, -0.15) is 5.10 Å². The summed E-state index contributed by atoms with van der Waals surface area (Å²) in [5, 5.41) is 10.3. The van der Waals surface area contributed by atoms with Crippen molar-refractivity contribution in [2.24, 2.45) is 0 Å². The molecule has 1 aliphatic heterocycles. The van der Waals surface area contributed by atoms with Gasteiger partial charge in [-0.15, -0.1) is 12.4 Å². The molecular formula is C8H15ClN4O. The molecule has 2 N–H and O–H groups in total. The van der Waals surface area contributed by atoms with Gasteiger partial charge in [0.1, 0.15) is 5.82 Å². The summed E-state index contributed by atoms with van der Waals surface area (Å²) < 4.78 is 5.24. The molecule has 0 aromatic carbocycles. The Balaban J connectivity index is 0.000000980. The van der Waals surface area contributed by atoms with E-state index >= 15 is 0 Å². The van der Waals surface area contributed by atoms with Crippen molar-refractivity contribution in [1.82, 2.24) is 20.5 Å². The van der Waals surface area contributed by atoms with Crippen LogP contribution in [0.1, 0.15) is 24.1 Å². The van der Waals surface area contributed by atoms with Crippen molar-refractivity contribution in [2.75, 3.05) is 13.7 Å². The summed E-state index contributed by atoms with van der Waals surface area (Å²) in [6.45, 7) is 2.79. The van der Waals surface area contributed by atoms with E-state index in [2.05, 4.69) is 20.5 Å². The van der Waals surface area contributed by atoms with Crippen molar-refractivity contribution < 1.29 is 4.74 Å². The van der Waals surface area contributed by atoms with Crippen molar-refractivity contribution in [3.63, 3.8) is 0 Å². The second-order valence-corrected chi connectivity index (χ2v) is 3.33. The Morgan fingerprint density at radius 3 is 2.79 bits per heavy atom. The van der Waals surface area contributed by atoms with Gasteiger partial charge in [0.05, 0.1) is 12.1 Å². The highest BCUT2D eigenvalue weighted by Gasteiger charge is 2.27. The Morgan fingerprint density at radius 2 is 2.29 bits per heavy atom. The van der Waals surface area contributed by atoms with Crippen molar-refractivity contribution in [2.45, 2.75) is 25.5 Å². The largest absolute Gasteiger partial charge is 0.380 e. The molecule has 2 atom stereocenters. The Bertz CT molecular complexity index is 291. The number of hydrogen-bond donors (Lipinski definition) is 2. The number of ether oxygens (including phenoxy) is 1. The lowest BCUT2D eigenvalue weighted by atomic mass is 10.2. The van der Waals surface area contributed by atoms with Gasteiger partial charge in [-0.3, -0.25) is 5.10 Å². The lowest BCUT2D eigenvalue weighted by Gasteiger charge is -2.04.